The standard InChI is InChI=1S/C14H12F3N/c1-8-2-3-9(15)6-11(8)14(18)12-7-10(16)4-5-13(12)17/h2-7,14H,18H2,1H3. The van der Waals surface area contributed by atoms with Crippen molar-refractivity contribution in [2.75, 3.05) is 0 Å². The molecule has 0 radical (unpaired) electrons. The molecule has 0 fully saturated rings. The molecule has 0 aliphatic carbocycles. The number of halogens is 3. The average molecular weight is 251 g/mol. The van der Waals surface area contributed by atoms with E-state index < -0.39 is 23.5 Å². The first-order valence-electron chi connectivity index (χ1n) is 5.45. The normalized spacial score (nSPS) is 12.5. The smallest absolute Gasteiger partial charge is 0.128 e. The summed E-state index contributed by atoms with van der Waals surface area (Å²) in [6.45, 7) is 1.74. The molecule has 94 valence electrons. The van der Waals surface area contributed by atoms with Crippen LogP contribution in [0.3, 0.4) is 0 Å². The van der Waals surface area contributed by atoms with E-state index >= 15 is 0 Å². The van der Waals surface area contributed by atoms with Crippen molar-refractivity contribution >= 4 is 0 Å². The molecule has 2 aromatic rings. The number of benzene rings is 2. The molecule has 1 nitrogen and oxygen atoms in total. The molecule has 0 aromatic heterocycles. The summed E-state index contributed by atoms with van der Waals surface area (Å²) >= 11 is 0. The molecule has 0 spiro atoms. The van der Waals surface area contributed by atoms with Gasteiger partial charge < -0.3 is 5.73 Å². The number of aryl methyl sites for hydroxylation is 1. The second-order valence-electron chi connectivity index (χ2n) is 4.14. The van der Waals surface area contributed by atoms with Crippen molar-refractivity contribution in [3.05, 3.63) is 70.5 Å². The molecule has 0 saturated heterocycles. The molecule has 0 aliphatic heterocycles. The fraction of sp³-hybridized carbons (Fsp3) is 0.143. The van der Waals surface area contributed by atoms with Crippen LogP contribution >= 0.6 is 0 Å². The second-order valence-corrected chi connectivity index (χ2v) is 4.14. The van der Waals surface area contributed by atoms with Crippen LogP contribution in [0.1, 0.15) is 22.7 Å². The topological polar surface area (TPSA) is 26.0 Å². The van der Waals surface area contributed by atoms with Gasteiger partial charge in [0.25, 0.3) is 0 Å². The van der Waals surface area contributed by atoms with Gasteiger partial charge in [0.05, 0.1) is 6.04 Å². The van der Waals surface area contributed by atoms with E-state index in [4.69, 9.17) is 5.73 Å². The zero-order chi connectivity index (χ0) is 13.3. The van der Waals surface area contributed by atoms with Gasteiger partial charge in [-0.15, -0.1) is 0 Å². The third kappa shape index (κ3) is 2.38. The fourth-order valence-corrected chi connectivity index (χ4v) is 1.87. The van der Waals surface area contributed by atoms with Crippen molar-refractivity contribution in [2.45, 2.75) is 13.0 Å². The summed E-state index contributed by atoms with van der Waals surface area (Å²) < 4.78 is 39.9. The van der Waals surface area contributed by atoms with E-state index in [2.05, 4.69) is 0 Å². The molecule has 1 atom stereocenters. The van der Waals surface area contributed by atoms with E-state index in [0.29, 0.717) is 5.56 Å². The summed E-state index contributed by atoms with van der Waals surface area (Å²) in [6, 6.07) is 6.27. The lowest BCUT2D eigenvalue weighted by atomic mass is 9.95. The van der Waals surface area contributed by atoms with Crippen LogP contribution in [0, 0.1) is 24.4 Å². The quantitative estimate of drug-likeness (QED) is 0.869. The van der Waals surface area contributed by atoms with Crippen molar-refractivity contribution in [1.29, 1.82) is 0 Å². The zero-order valence-electron chi connectivity index (χ0n) is 9.75. The fourth-order valence-electron chi connectivity index (χ4n) is 1.87. The van der Waals surface area contributed by atoms with Gasteiger partial charge in [-0.1, -0.05) is 6.07 Å². The largest absolute Gasteiger partial charge is 0.320 e. The van der Waals surface area contributed by atoms with Gasteiger partial charge in [-0.3, -0.25) is 0 Å². The van der Waals surface area contributed by atoms with Crippen LogP contribution in [0.2, 0.25) is 0 Å². The van der Waals surface area contributed by atoms with E-state index in [9.17, 15) is 13.2 Å². The molecule has 0 bridgehead atoms. The van der Waals surface area contributed by atoms with Gasteiger partial charge in [0.15, 0.2) is 0 Å². The lowest BCUT2D eigenvalue weighted by Gasteiger charge is -2.16. The minimum atomic E-state index is -0.892. The average Bonchev–Trinajstić information content (AvgIpc) is 2.34. The molecule has 2 rings (SSSR count). The first kappa shape index (κ1) is 12.6. The van der Waals surface area contributed by atoms with Crippen molar-refractivity contribution < 1.29 is 13.2 Å². The van der Waals surface area contributed by atoms with Crippen LogP contribution < -0.4 is 5.73 Å². The predicted octanol–water partition coefficient (Wildman–Crippen LogP) is 3.46. The monoisotopic (exact) mass is 251 g/mol. The molecule has 0 amide bonds. The highest BCUT2D eigenvalue weighted by molar-refractivity contribution is 5.37. The highest BCUT2D eigenvalue weighted by Gasteiger charge is 2.16. The molecule has 0 heterocycles. The van der Waals surface area contributed by atoms with Crippen LogP contribution in [0.15, 0.2) is 36.4 Å². The highest BCUT2D eigenvalue weighted by atomic mass is 19.1. The minimum absolute atomic E-state index is 0.0173. The van der Waals surface area contributed by atoms with E-state index in [0.717, 1.165) is 23.8 Å². The van der Waals surface area contributed by atoms with Gasteiger partial charge in [-0.25, -0.2) is 13.2 Å². The second kappa shape index (κ2) is 4.82. The summed E-state index contributed by atoms with van der Waals surface area (Å²) in [7, 11) is 0. The molecular weight excluding hydrogens is 239 g/mol. The Morgan fingerprint density at radius 3 is 2.11 bits per heavy atom. The van der Waals surface area contributed by atoms with Gasteiger partial charge in [0, 0.05) is 5.56 Å². The zero-order valence-corrected chi connectivity index (χ0v) is 9.75. The summed E-state index contributed by atoms with van der Waals surface area (Å²) in [5.41, 5.74) is 7.07. The number of hydrogen-bond donors (Lipinski definition) is 1. The van der Waals surface area contributed by atoms with Crippen LogP contribution in [-0.4, -0.2) is 0 Å². The Morgan fingerprint density at radius 1 is 0.889 bits per heavy atom. The van der Waals surface area contributed by atoms with E-state index in [1.165, 1.54) is 12.1 Å². The van der Waals surface area contributed by atoms with Crippen molar-refractivity contribution in [3.8, 4) is 0 Å². The number of hydrogen-bond acceptors (Lipinski definition) is 1. The van der Waals surface area contributed by atoms with E-state index in [1.807, 2.05) is 0 Å². The maximum absolute atomic E-state index is 13.6. The van der Waals surface area contributed by atoms with Crippen LogP contribution in [0.4, 0.5) is 13.2 Å². The first-order chi connectivity index (χ1) is 8.49. The summed E-state index contributed by atoms with van der Waals surface area (Å²) in [6.07, 6.45) is 0. The minimum Gasteiger partial charge on any atom is -0.320 e. The molecule has 2 aromatic carbocycles. The Hall–Kier alpha value is -1.81. The first-order valence-corrected chi connectivity index (χ1v) is 5.45. The summed E-state index contributed by atoms with van der Waals surface area (Å²) in [5, 5.41) is 0. The van der Waals surface area contributed by atoms with Gasteiger partial charge in [-0.2, -0.15) is 0 Å². The molecule has 4 heteroatoms. The summed E-state index contributed by atoms with van der Waals surface area (Å²) in [4.78, 5) is 0. The Morgan fingerprint density at radius 2 is 1.44 bits per heavy atom. The van der Waals surface area contributed by atoms with Crippen LogP contribution in [0.5, 0.6) is 0 Å². The number of rotatable bonds is 2. The van der Waals surface area contributed by atoms with Crippen molar-refractivity contribution in [2.24, 2.45) is 5.73 Å². The molecule has 0 aliphatic rings. The highest BCUT2D eigenvalue weighted by Crippen LogP contribution is 2.26. The SMILES string of the molecule is Cc1ccc(F)cc1C(N)c1cc(F)ccc1F. The van der Waals surface area contributed by atoms with Gasteiger partial charge in [0.2, 0.25) is 0 Å². The van der Waals surface area contributed by atoms with Crippen LogP contribution in [0.25, 0.3) is 0 Å². The molecule has 18 heavy (non-hydrogen) atoms. The van der Waals surface area contributed by atoms with Crippen molar-refractivity contribution in [3.63, 3.8) is 0 Å². The molecular formula is C14H12F3N. The maximum atomic E-state index is 13.6. The van der Waals surface area contributed by atoms with E-state index in [-0.39, 0.29) is 5.56 Å². The van der Waals surface area contributed by atoms with Crippen molar-refractivity contribution in [1.82, 2.24) is 0 Å². The molecule has 1 unspecified atom stereocenters. The van der Waals surface area contributed by atoms with Gasteiger partial charge in [-0.05, 0) is 48.4 Å². The number of nitrogens with two attached hydrogens (primary N) is 1. The molecule has 0 saturated carbocycles. The Labute approximate surface area is 103 Å². The lowest BCUT2D eigenvalue weighted by molar-refractivity contribution is 0.574. The summed E-state index contributed by atoms with van der Waals surface area (Å²) in [5.74, 6) is -1.63. The predicted molar refractivity (Wildman–Crippen MR) is 63.5 cm³/mol. The Kier molecular flexibility index (Phi) is 3.39. The Bertz CT molecular complexity index is 530. The molecule has 2 N–H and O–H groups in total. The van der Waals surface area contributed by atoms with E-state index in [1.54, 1.807) is 13.0 Å². The maximum Gasteiger partial charge on any atom is 0.128 e. The Balaban J connectivity index is 2.50. The lowest BCUT2D eigenvalue weighted by Crippen LogP contribution is -2.15. The van der Waals surface area contributed by atoms with Crippen LogP contribution in [-0.2, 0) is 0 Å². The van der Waals surface area contributed by atoms with Gasteiger partial charge in [0.1, 0.15) is 17.5 Å². The third-order valence-electron chi connectivity index (χ3n) is 2.87. The van der Waals surface area contributed by atoms with Gasteiger partial charge >= 0.3 is 0 Å². The third-order valence-corrected chi connectivity index (χ3v) is 2.87.